The molecule has 0 saturated heterocycles. The van der Waals surface area contributed by atoms with Crippen LogP contribution in [0.2, 0.25) is 0 Å². The number of benzene rings is 2. The highest BCUT2D eigenvalue weighted by atomic mass is 35.7. The van der Waals surface area contributed by atoms with E-state index < -0.39 is 18.1 Å². The maximum absolute atomic E-state index is 12.0. The van der Waals surface area contributed by atoms with E-state index in [0.29, 0.717) is 0 Å². The summed E-state index contributed by atoms with van der Waals surface area (Å²) in [6.07, 6.45) is 0. The van der Waals surface area contributed by atoms with E-state index in [-0.39, 0.29) is 58.5 Å². The highest BCUT2D eigenvalue weighted by molar-refractivity contribution is 8.14. The molecule has 0 fully saturated rings. The first-order valence-electron chi connectivity index (χ1n) is 10.9. The second kappa shape index (κ2) is 11.3. The van der Waals surface area contributed by atoms with Gasteiger partial charge in [0, 0.05) is 21.4 Å². The Labute approximate surface area is 217 Å². The molecule has 2 rings (SSSR count). The van der Waals surface area contributed by atoms with Crippen molar-refractivity contribution in [2.75, 3.05) is 26.4 Å². The van der Waals surface area contributed by atoms with Gasteiger partial charge in [0.1, 0.15) is 34.5 Å². The van der Waals surface area contributed by atoms with Gasteiger partial charge in [0.2, 0.25) is 0 Å². The van der Waals surface area contributed by atoms with Gasteiger partial charge in [-0.3, -0.25) is 0 Å². The van der Waals surface area contributed by atoms with Crippen LogP contribution in [-0.2, 0) is 33.7 Å². The molecule has 0 spiro atoms. The lowest BCUT2D eigenvalue weighted by molar-refractivity contribution is 0.0750. The maximum Gasteiger partial charge on any atom is 0.264 e. The number of ether oxygens (including phenoxy) is 3. The number of hydrogen-bond acceptors (Lipinski definition) is 7. The molecule has 196 valence electrons. The summed E-state index contributed by atoms with van der Waals surface area (Å²) in [6, 6.07) is 9.77. The van der Waals surface area contributed by atoms with E-state index in [1.165, 1.54) is 12.1 Å². The molecule has 0 heterocycles. The van der Waals surface area contributed by atoms with Gasteiger partial charge in [-0.25, -0.2) is 16.8 Å². The highest BCUT2D eigenvalue weighted by Crippen LogP contribution is 2.34. The van der Waals surface area contributed by atoms with Crippen molar-refractivity contribution in [2.24, 2.45) is 0 Å². The molecular formula is C24H32Cl2O7S2. The third-order valence-corrected chi connectivity index (χ3v) is 7.80. The summed E-state index contributed by atoms with van der Waals surface area (Å²) in [5, 5.41) is 0. The largest absolute Gasteiger partial charge is 0.490 e. The number of hydrogen-bond donors (Lipinski definition) is 0. The average Bonchev–Trinajstić information content (AvgIpc) is 2.70. The lowest BCUT2D eigenvalue weighted by atomic mass is 9.87. The Morgan fingerprint density at radius 2 is 0.971 bits per heavy atom. The van der Waals surface area contributed by atoms with Crippen LogP contribution in [0, 0.1) is 0 Å². The fourth-order valence-corrected chi connectivity index (χ4v) is 5.09. The second-order valence-corrected chi connectivity index (χ2v) is 15.1. The fourth-order valence-electron chi connectivity index (χ4n) is 3.09. The van der Waals surface area contributed by atoms with Gasteiger partial charge in [-0.05, 0) is 46.2 Å². The molecule has 11 heteroatoms. The minimum absolute atomic E-state index is 0.0792. The van der Waals surface area contributed by atoms with Crippen LogP contribution in [0.15, 0.2) is 46.2 Å². The van der Waals surface area contributed by atoms with Gasteiger partial charge in [-0.15, -0.1) is 0 Å². The normalized spacial score (nSPS) is 13.0. The maximum atomic E-state index is 12.0. The molecule has 0 aromatic heterocycles. The summed E-state index contributed by atoms with van der Waals surface area (Å²) < 4.78 is 64.6. The Balaban J connectivity index is 1.93. The smallest absolute Gasteiger partial charge is 0.264 e. The van der Waals surface area contributed by atoms with Gasteiger partial charge in [0.25, 0.3) is 18.1 Å². The zero-order valence-corrected chi connectivity index (χ0v) is 23.9. The van der Waals surface area contributed by atoms with Crippen molar-refractivity contribution in [3.63, 3.8) is 0 Å². The zero-order valence-electron chi connectivity index (χ0n) is 20.7. The molecule has 0 aliphatic rings. The summed E-state index contributed by atoms with van der Waals surface area (Å²) in [4.78, 5) is -0.188. The molecule has 0 aliphatic carbocycles. The van der Waals surface area contributed by atoms with Gasteiger partial charge < -0.3 is 14.2 Å². The number of rotatable bonds is 10. The van der Waals surface area contributed by atoms with Crippen molar-refractivity contribution < 1.29 is 31.0 Å². The van der Waals surface area contributed by atoms with E-state index >= 15 is 0 Å². The van der Waals surface area contributed by atoms with Crippen molar-refractivity contribution in [1.29, 1.82) is 0 Å². The standard InChI is InChI=1S/C24H32Cl2O7S2/c1-23(2,3)17-7-9-19(21(15-17)34(25,27)28)32-13-11-31-12-14-33-20-10-8-18(24(4,5)6)16-22(20)35(26,29)30/h7-10,15-16H,11-14H2,1-6H3. The van der Waals surface area contributed by atoms with Crippen molar-refractivity contribution >= 4 is 39.5 Å². The fraction of sp³-hybridized carbons (Fsp3) is 0.500. The molecule has 0 amide bonds. The molecule has 0 N–H and O–H groups in total. The second-order valence-electron chi connectivity index (χ2n) is 10.0. The van der Waals surface area contributed by atoms with Gasteiger partial charge in [-0.1, -0.05) is 53.7 Å². The van der Waals surface area contributed by atoms with Gasteiger partial charge in [0.15, 0.2) is 0 Å². The predicted octanol–water partition coefficient (Wildman–Crippen LogP) is 5.61. The molecule has 0 bridgehead atoms. The quantitative estimate of drug-likeness (QED) is 0.272. The minimum Gasteiger partial charge on any atom is -0.490 e. The Bertz CT molecular complexity index is 1150. The number of halogens is 2. The van der Waals surface area contributed by atoms with Crippen LogP contribution in [-0.4, -0.2) is 43.3 Å². The summed E-state index contributed by atoms with van der Waals surface area (Å²) >= 11 is 0. The van der Waals surface area contributed by atoms with Crippen LogP contribution >= 0.6 is 21.4 Å². The lowest BCUT2D eigenvalue weighted by Gasteiger charge is -2.21. The molecule has 0 aliphatic heterocycles. The third-order valence-electron chi connectivity index (χ3n) is 5.12. The molecular weight excluding hydrogens is 535 g/mol. The van der Waals surface area contributed by atoms with Gasteiger partial charge >= 0.3 is 0 Å². The summed E-state index contributed by atoms with van der Waals surface area (Å²) in [7, 11) is 3.19. The molecule has 0 radical (unpaired) electrons. The van der Waals surface area contributed by atoms with Crippen molar-refractivity contribution in [3.8, 4) is 11.5 Å². The van der Waals surface area contributed by atoms with Crippen molar-refractivity contribution in [1.82, 2.24) is 0 Å². The SMILES string of the molecule is CC(C)(C)c1ccc(OCCOCCOc2ccc(C(C)(C)C)cc2S(=O)(=O)Cl)c(S(=O)(=O)Cl)c1. The summed E-state index contributed by atoms with van der Waals surface area (Å²) in [6.45, 7) is 12.3. The van der Waals surface area contributed by atoms with Crippen molar-refractivity contribution in [3.05, 3.63) is 47.5 Å². The Morgan fingerprint density at radius 1 is 0.629 bits per heavy atom. The van der Waals surface area contributed by atoms with E-state index in [4.69, 9.17) is 35.6 Å². The Hall–Kier alpha value is -1.52. The average molecular weight is 568 g/mol. The van der Waals surface area contributed by atoms with Crippen LogP contribution in [0.5, 0.6) is 11.5 Å². The summed E-state index contributed by atoms with van der Waals surface area (Å²) in [5.74, 6) is 0.285. The van der Waals surface area contributed by atoms with E-state index in [2.05, 4.69) is 0 Å². The molecule has 0 unspecified atom stereocenters. The van der Waals surface area contributed by atoms with Crippen LogP contribution < -0.4 is 9.47 Å². The van der Waals surface area contributed by atoms with E-state index in [1.807, 2.05) is 41.5 Å². The van der Waals surface area contributed by atoms with Gasteiger partial charge in [0.05, 0.1) is 13.2 Å². The van der Waals surface area contributed by atoms with Crippen LogP contribution in [0.25, 0.3) is 0 Å². The topological polar surface area (TPSA) is 96.0 Å². The third kappa shape index (κ3) is 8.82. The van der Waals surface area contributed by atoms with Crippen LogP contribution in [0.4, 0.5) is 0 Å². The van der Waals surface area contributed by atoms with Crippen LogP contribution in [0.3, 0.4) is 0 Å². The predicted molar refractivity (Wildman–Crippen MR) is 138 cm³/mol. The van der Waals surface area contributed by atoms with E-state index in [9.17, 15) is 16.8 Å². The van der Waals surface area contributed by atoms with Gasteiger partial charge in [-0.2, -0.15) is 0 Å². The molecule has 2 aromatic carbocycles. The van der Waals surface area contributed by atoms with Crippen molar-refractivity contribution in [2.45, 2.75) is 62.2 Å². The van der Waals surface area contributed by atoms with E-state index in [1.54, 1.807) is 24.3 Å². The molecule has 7 nitrogen and oxygen atoms in total. The Kier molecular flexibility index (Phi) is 9.55. The summed E-state index contributed by atoms with van der Waals surface area (Å²) in [5.41, 5.74) is 1.11. The lowest BCUT2D eigenvalue weighted by Crippen LogP contribution is -2.15. The highest BCUT2D eigenvalue weighted by Gasteiger charge is 2.23. The first kappa shape index (κ1) is 29.7. The molecule has 35 heavy (non-hydrogen) atoms. The molecule has 0 atom stereocenters. The first-order valence-corrected chi connectivity index (χ1v) is 15.5. The first-order chi connectivity index (χ1) is 15.9. The van der Waals surface area contributed by atoms with E-state index in [0.717, 1.165) is 11.1 Å². The minimum atomic E-state index is -4.00. The molecule has 2 aromatic rings. The van der Waals surface area contributed by atoms with Crippen LogP contribution in [0.1, 0.15) is 52.7 Å². The molecule has 0 saturated carbocycles. The monoisotopic (exact) mass is 566 g/mol. The Morgan fingerprint density at radius 3 is 1.26 bits per heavy atom. The zero-order chi connectivity index (χ0) is 26.7.